The monoisotopic (exact) mass is 203 g/mol. The van der Waals surface area contributed by atoms with Crippen molar-refractivity contribution >= 4 is 6.71 Å². The molecule has 2 nitrogen and oxygen atoms in total. The summed E-state index contributed by atoms with van der Waals surface area (Å²) >= 11 is 0. The molecule has 1 unspecified atom stereocenters. The van der Waals surface area contributed by atoms with Gasteiger partial charge in [-0.15, -0.1) is 13.2 Å². The summed E-state index contributed by atoms with van der Waals surface area (Å²) in [7, 11) is 0. The van der Waals surface area contributed by atoms with E-state index in [4.69, 9.17) is 5.26 Å². The lowest BCUT2D eigenvalue weighted by atomic mass is 9.39. The summed E-state index contributed by atoms with van der Waals surface area (Å²) in [4.78, 5) is 0. The maximum atomic E-state index is 9.97. The summed E-state index contributed by atoms with van der Waals surface area (Å²) in [5.41, 5.74) is -0.114. The molecule has 0 saturated carbocycles. The van der Waals surface area contributed by atoms with E-state index in [1.54, 1.807) is 6.08 Å². The summed E-state index contributed by atoms with van der Waals surface area (Å²) < 4.78 is 0. The van der Waals surface area contributed by atoms with Crippen molar-refractivity contribution in [2.24, 2.45) is 5.41 Å². The van der Waals surface area contributed by atoms with Gasteiger partial charge in [0.2, 0.25) is 0 Å². The van der Waals surface area contributed by atoms with Gasteiger partial charge in [-0.2, -0.15) is 0 Å². The van der Waals surface area contributed by atoms with Crippen LogP contribution < -0.4 is 0 Å². The lowest BCUT2D eigenvalue weighted by molar-refractivity contribution is 0.0523. The highest BCUT2D eigenvalue weighted by Gasteiger charge is 2.40. The molecule has 0 aromatic rings. The van der Waals surface area contributed by atoms with Crippen molar-refractivity contribution in [1.82, 2.24) is 0 Å². The Bertz CT molecular complexity index is 274. The Morgan fingerprint density at radius 1 is 1.47 bits per heavy atom. The van der Waals surface area contributed by atoms with E-state index in [-0.39, 0.29) is 12.1 Å². The van der Waals surface area contributed by atoms with Crippen molar-refractivity contribution < 1.29 is 5.11 Å². The molecule has 0 spiro atoms. The molecule has 1 fully saturated rings. The minimum Gasteiger partial charge on any atom is -0.388 e. The number of nitriles is 1. The van der Waals surface area contributed by atoms with Gasteiger partial charge >= 0.3 is 0 Å². The second kappa shape index (κ2) is 5.18. The van der Waals surface area contributed by atoms with Crippen molar-refractivity contribution in [1.29, 1.82) is 5.26 Å². The fourth-order valence-electron chi connectivity index (χ4n) is 2.48. The van der Waals surface area contributed by atoms with E-state index in [9.17, 15) is 5.11 Å². The quantitative estimate of drug-likeness (QED) is 0.563. The smallest absolute Gasteiger partial charge is 0.267 e. The predicted molar refractivity (Wildman–Crippen MR) is 63.7 cm³/mol. The van der Waals surface area contributed by atoms with Crippen LogP contribution in [0.2, 0.25) is 12.6 Å². The average molecular weight is 203 g/mol. The molecule has 0 radical (unpaired) electrons. The lowest BCUT2D eigenvalue weighted by Gasteiger charge is -2.40. The Hall–Kier alpha value is -1.01. The second-order valence-corrected chi connectivity index (χ2v) is 4.44. The molecule has 1 atom stereocenters. The predicted octanol–water partition coefficient (Wildman–Crippen LogP) is 2.45. The van der Waals surface area contributed by atoms with Gasteiger partial charge in [0.1, 0.15) is 0 Å². The number of rotatable bonds is 4. The van der Waals surface area contributed by atoms with Crippen molar-refractivity contribution in [3.05, 3.63) is 25.3 Å². The first kappa shape index (κ1) is 12.1. The molecule has 80 valence electrons. The van der Waals surface area contributed by atoms with Crippen LogP contribution in [0.4, 0.5) is 0 Å². The first-order chi connectivity index (χ1) is 7.18. The topological polar surface area (TPSA) is 44.0 Å². The standard InChI is InChI=1S/C12H18BNO/c1-3-5-12(11(15)4-2)6-8-13(10-14)9-7-12/h3-4,11,15H,1-2,5-9H2. The van der Waals surface area contributed by atoms with Gasteiger partial charge in [0, 0.05) is 11.4 Å². The fraction of sp³-hybridized carbons (Fsp3) is 0.583. The zero-order valence-electron chi connectivity index (χ0n) is 9.15. The molecule has 3 heteroatoms. The number of hydrogen-bond donors (Lipinski definition) is 1. The molecule has 0 aliphatic carbocycles. The number of hydrogen-bond acceptors (Lipinski definition) is 2. The Morgan fingerprint density at radius 3 is 2.47 bits per heavy atom. The Morgan fingerprint density at radius 2 is 2.07 bits per heavy atom. The van der Waals surface area contributed by atoms with Crippen LogP contribution in [0.1, 0.15) is 19.3 Å². The van der Waals surface area contributed by atoms with Gasteiger partial charge in [0.05, 0.1) is 6.10 Å². The van der Waals surface area contributed by atoms with Crippen LogP contribution in [-0.2, 0) is 0 Å². The molecule has 1 aliphatic heterocycles. The molecule has 1 heterocycles. The molecule has 0 aromatic carbocycles. The van der Waals surface area contributed by atoms with Gasteiger partial charge in [0.15, 0.2) is 0 Å². The molecule has 0 bridgehead atoms. The van der Waals surface area contributed by atoms with E-state index in [1.807, 2.05) is 6.08 Å². The first-order valence-corrected chi connectivity index (χ1v) is 5.49. The third-order valence-electron chi connectivity index (χ3n) is 3.57. The van der Waals surface area contributed by atoms with Gasteiger partial charge in [-0.3, -0.25) is 0 Å². The average Bonchev–Trinajstić information content (AvgIpc) is 2.29. The van der Waals surface area contributed by atoms with E-state index >= 15 is 0 Å². The van der Waals surface area contributed by atoms with Crippen molar-refractivity contribution in [2.75, 3.05) is 0 Å². The third-order valence-corrected chi connectivity index (χ3v) is 3.57. The van der Waals surface area contributed by atoms with Gasteiger partial charge in [-0.05, 0) is 19.3 Å². The molecular weight excluding hydrogens is 185 g/mol. The Labute approximate surface area is 92.4 Å². The second-order valence-electron chi connectivity index (χ2n) is 4.44. The van der Waals surface area contributed by atoms with Gasteiger partial charge < -0.3 is 5.11 Å². The van der Waals surface area contributed by atoms with E-state index < -0.39 is 6.10 Å². The fourth-order valence-corrected chi connectivity index (χ4v) is 2.48. The summed E-state index contributed by atoms with van der Waals surface area (Å²) in [6.07, 6.45) is 7.35. The van der Waals surface area contributed by atoms with Crippen LogP contribution in [0.15, 0.2) is 25.3 Å². The van der Waals surface area contributed by atoms with Crippen LogP contribution in [0, 0.1) is 16.6 Å². The normalized spacial score (nSPS) is 21.5. The number of aliphatic hydroxyl groups excluding tert-OH is 1. The van der Waals surface area contributed by atoms with Crippen LogP contribution in [0.5, 0.6) is 0 Å². The Kier molecular flexibility index (Phi) is 4.17. The summed E-state index contributed by atoms with van der Waals surface area (Å²) in [5.74, 6) is 2.31. The van der Waals surface area contributed by atoms with E-state index in [2.05, 4.69) is 19.1 Å². The van der Waals surface area contributed by atoms with Crippen LogP contribution in [-0.4, -0.2) is 17.9 Å². The van der Waals surface area contributed by atoms with Crippen LogP contribution >= 0.6 is 0 Å². The number of nitrogens with zero attached hydrogens (tertiary/aromatic N) is 1. The Balaban J connectivity index is 2.73. The minimum atomic E-state index is -0.477. The zero-order chi connectivity index (χ0) is 11.3. The van der Waals surface area contributed by atoms with Crippen LogP contribution in [0.25, 0.3) is 0 Å². The molecule has 1 N–H and O–H groups in total. The van der Waals surface area contributed by atoms with Crippen LogP contribution in [0.3, 0.4) is 0 Å². The molecule has 1 aliphatic rings. The molecule has 15 heavy (non-hydrogen) atoms. The SMILES string of the molecule is C=CCC1(C(O)C=C)CCB(C#N)CC1. The van der Waals surface area contributed by atoms with Gasteiger partial charge in [0.25, 0.3) is 6.71 Å². The van der Waals surface area contributed by atoms with Crippen molar-refractivity contribution in [3.8, 4) is 5.97 Å². The van der Waals surface area contributed by atoms with E-state index in [0.717, 1.165) is 31.9 Å². The number of aliphatic hydroxyl groups is 1. The largest absolute Gasteiger partial charge is 0.388 e. The summed E-state index contributed by atoms with van der Waals surface area (Å²) in [6.45, 7) is 7.56. The molecule has 0 amide bonds. The minimum absolute atomic E-state index is 0.114. The van der Waals surface area contributed by atoms with E-state index in [1.165, 1.54) is 0 Å². The molecule has 1 rings (SSSR count). The molecule has 1 saturated heterocycles. The summed E-state index contributed by atoms with van der Waals surface area (Å²) in [6, 6.07) is 0. The van der Waals surface area contributed by atoms with Crippen molar-refractivity contribution in [2.45, 2.75) is 38.0 Å². The van der Waals surface area contributed by atoms with Gasteiger partial charge in [-0.1, -0.05) is 24.8 Å². The highest BCUT2D eigenvalue weighted by molar-refractivity contribution is 6.67. The number of allylic oxidation sites excluding steroid dienone is 1. The van der Waals surface area contributed by atoms with Gasteiger partial charge in [-0.25, -0.2) is 5.26 Å². The highest BCUT2D eigenvalue weighted by atomic mass is 16.3. The maximum Gasteiger partial charge on any atom is 0.267 e. The molecular formula is C12H18BNO. The highest BCUT2D eigenvalue weighted by Crippen LogP contribution is 2.43. The third kappa shape index (κ3) is 2.51. The van der Waals surface area contributed by atoms with Crippen molar-refractivity contribution in [3.63, 3.8) is 0 Å². The summed E-state index contributed by atoms with van der Waals surface area (Å²) in [5, 5.41) is 18.8. The molecule has 0 aromatic heterocycles. The van der Waals surface area contributed by atoms with E-state index in [0.29, 0.717) is 0 Å². The zero-order valence-corrected chi connectivity index (χ0v) is 9.15. The first-order valence-electron chi connectivity index (χ1n) is 5.49. The maximum absolute atomic E-state index is 9.97. The lowest BCUT2D eigenvalue weighted by Crippen LogP contribution is -2.38.